The van der Waals surface area contributed by atoms with Gasteiger partial charge in [-0.2, -0.15) is 0 Å². The highest BCUT2D eigenvalue weighted by Gasteiger charge is 2.20. The van der Waals surface area contributed by atoms with Crippen molar-refractivity contribution < 1.29 is 18.9 Å². The Morgan fingerprint density at radius 1 is 0.338 bits per heavy atom. The van der Waals surface area contributed by atoms with Gasteiger partial charge in [0, 0.05) is 44.3 Å². The van der Waals surface area contributed by atoms with Gasteiger partial charge in [-0.05, 0) is 145 Å². The number of hydrogen-bond donors (Lipinski definition) is 2. The van der Waals surface area contributed by atoms with E-state index in [0.717, 1.165) is 164 Å². The molecule has 0 fully saturated rings. The molecule has 9 rings (SSSR count). The Balaban J connectivity index is 1.37. The molecule has 68 heavy (non-hydrogen) atoms. The van der Waals surface area contributed by atoms with Gasteiger partial charge >= 0.3 is 0 Å². The minimum Gasteiger partial charge on any atom is -0.494 e. The highest BCUT2D eigenvalue weighted by molar-refractivity contribution is 6.00. The standard InChI is InChI=1S/C60H62N4O4/c1-5-9-33-65-45-21-13-17-41(37-45)57-49-25-27-51(61-49)58(42-18-14-22-46(38-42)66-34-10-6-2)53-29-31-55(63-53)60(44-20-16-24-48(40-44)68-36-12-8-4)56-32-30-54(64-56)59(52-28-26-50(57)62-52)43-19-15-23-47(39-43)67-35-11-7-3/h13-32,37-40,61,64H,5-12,33-36H2,1-4H3. The van der Waals surface area contributed by atoms with E-state index in [1.165, 1.54) is 0 Å². The molecule has 8 heteroatoms. The van der Waals surface area contributed by atoms with Gasteiger partial charge in [0.1, 0.15) is 23.0 Å². The maximum atomic E-state index is 6.29. The van der Waals surface area contributed by atoms with Gasteiger partial charge in [-0.1, -0.05) is 102 Å². The molecule has 2 aliphatic rings. The molecule has 2 N–H and O–H groups in total. The summed E-state index contributed by atoms with van der Waals surface area (Å²) in [5.74, 6) is 3.30. The first kappa shape index (κ1) is 45.8. The minimum atomic E-state index is 0.657. The second-order valence-electron chi connectivity index (χ2n) is 17.4. The SMILES string of the molecule is CCCCOc1cccc(-c2c3nc(c(-c4cccc(OCCCC)c4)c4ccc([nH]4)c(-c4cccc(OCCCC)c4)c4nc(c(-c5cccc(OCCCC)c5)c5ccc2[nH]5)C=C4)C=C3)c1. The van der Waals surface area contributed by atoms with Gasteiger partial charge in [0.25, 0.3) is 0 Å². The summed E-state index contributed by atoms with van der Waals surface area (Å²) in [6.45, 7) is 11.3. The van der Waals surface area contributed by atoms with Crippen LogP contribution in [0.3, 0.4) is 0 Å². The number of aromatic nitrogens is 4. The van der Waals surface area contributed by atoms with Crippen molar-refractivity contribution in [2.75, 3.05) is 26.4 Å². The number of aromatic amines is 2. The van der Waals surface area contributed by atoms with Crippen LogP contribution in [0.4, 0.5) is 0 Å². The van der Waals surface area contributed by atoms with Crippen molar-refractivity contribution in [3.8, 4) is 67.5 Å². The molecule has 0 saturated heterocycles. The van der Waals surface area contributed by atoms with Crippen LogP contribution in [0.25, 0.3) is 90.9 Å². The highest BCUT2D eigenvalue weighted by Crippen LogP contribution is 2.40. The topological polar surface area (TPSA) is 94.3 Å². The molecule has 2 aliphatic heterocycles. The largest absolute Gasteiger partial charge is 0.494 e. The molecule has 0 saturated carbocycles. The Bertz CT molecular complexity index is 2700. The fraction of sp³-hybridized carbons (Fsp3) is 0.267. The number of rotatable bonds is 20. The summed E-state index contributed by atoms with van der Waals surface area (Å²) in [4.78, 5) is 18.9. The summed E-state index contributed by atoms with van der Waals surface area (Å²) in [6.07, 6.45) is 16.7. The van der Waals surface area contributed by atoms with E-state index in [0.29, 0.717) is 26.4 Å². The molecule has 0 unspecified atom stereocenters. The zero-order chi connectivity index (χ0) is 46.7. The first-order chi connectivity index (χ1) is 33.5. The van der Waals surface area contributed by atoms with E-state index in [9.17, 15) is 0 Å². The van der Waals surface area contributed by atoms with E-state index in [1.54, 1.807) is 0 Å². The third-order valence-corrected chi connectivity index (χ3v) is 12.3. The summed E-state index contributed by atoms with van der Waals surface area (Å²) >= 11 is 0. The number of H-pyrrole nitrogens is 2. The fourth-order valence-electron chi connectivity index (χ4n) is 8.72. The number of fused-ring (bicyclic) bond motifs is 8. The Labute approximate surface area is 400 Å². The normalized spacial score (nSPS) is 11.8. The average Bonchev–Trinajstić information content (AvgIpc) is 4.21. The van der Waals surface area contributed by atoms with Crippen LogP contribution in [0.15, 0.2) is 121 Å². The van der Waals surface area contributed by atoms with Crippen LogP contribution in [0.1, 0.15) is 102 Å². The van der Waals surface area contributed by atoms with Crippen molar-refractivity contribution in [1.82, 2.24) is 19.9 Å². The number of hydrogen-bond acceptors (Lipinski definition) is 6. The second kappa shape index (κ2) is 22.0. The van der Waals surface area contributed by atoms with Gasteiger partial charge in [0.2, 0.25) is 0 Å². The first-order valence-corrected chi connectivity index (χ1v) is 24.6. The lowest BCUT2D eigenvalue weighted by Crippen LogP contribution is -1.97. The molecule has 5 heterocycles. The minimum absolute atomic E-state index is 0.657. The van der Waals surface area contributed by atoms with E-state index < -0.39 is 0 Å². The van der Waals surface area contributed by atoms with Crippen LogP contribution in [-0.2, 0) is 0 Å². The van der Waals surface area contributed by atoms with Gasteiger partial charge in [-0.15, -0.1) is 0 Å². The van der Waals surface area contributed by atoms with Gasteiger partial charge in [-0.3, -0.25) is 0 Å². The van der Waals surface area contributed by atoms with E-state index >= 15 is 0 Å². The van der Waals surface area contributed by atoms with Gasteiger partial charge in [0.05, 0.1) is 49.2 Å². The maximum absolute atomic E-state index is 6.29. The molecule has 3 aromatic heterocycles. The molecular weight excluding hydrogens is 841 g/mol. The van der Waals surface area contributed by atoms with Crippen LogP contribution in [0.2, 0.25) is 0 Å². The Kier molecular flexibility index (Phi) is 14.8. The van der Waals surface area contributed by atoms with Crippen LogP contribution in [0, 0.1) is 0 Å². The van der Waals surface area contributed by atoms with Crippen LogP contribution in [-0.4, -0.2) is 46.4 Å². The zero-order valence-corrected chi connectivity index (χ0v) is 39.9. The molecule has 7 aromatic rings. The fourth-order valence-corrected chi connectivity index (χ4v) is 8.72. The summed E-state index contributed by atoms with van der Waals surface area (Å²) in [5.41, 5.74) is 14.8. The molecule has 0 spiro atoms. The number of ether oxygens (including phenoxy) is 4. The van der Waals surface area contributed by atoms with Crippen molar-refractivity contribution >= 4 is 46.4 Å². The second-order valence-corrected chi connectivity index (χ2v) is 17.4. The molecule has 0 amide bonds. The van der Waals surface area contributed by atoms with E-state index in [-0.39, 0.29) is 0 Å². The quantitative estimate of drug-likeness (QED) is 0.0740. The number of nitrogens with zero attached hydrogens (tertiary/aromatic N) is 2. The predicted molar refractivity (Wildman–Crippen MR) is 282 cm³/mol. The number of benzene rings is 4. The molecule has 346 valence electrons. The monoisotopic (exact) mass is 902 g/mol. The van der Waals surface area contributed by atoms with Crippen molar-refractivity contribution in [3.05, 3.63) is 144 Å². The van der Waals surface area contributed by atoms with Crippen molar-refractivity contribution in [2.24, 2.45) is 0 Å². The Morgan fingerprint density at radius 3 is 0.824 bits per heavy atom. The summed E-state index contributed by atoms with van der Waals surface area (Å²) in [6, 6.07) is 42.1. The van der Waals surface area contributed by atoms with Crippen molar-refractivity contribution in [1.29, 1.82) is 0 Å². The van der Waals surface area contributed by atoms with Crippen LogP contribution < -0.4 is 18.9 Å². The molecular formula is C60H62N4O4. The third-order valence-electron chi connectivity index (χ3n) is 12.3. The smallest absolute Gasteiger partial charge is 0.119 e. The first-order valence-electron chi connectivity index (χ1n) is 24.6. The van der Waals surface area contributed by atoms with E-state index in [4.69, 9.17) is 28.9 Å². The van der Waals surface area contributed by atoms with Crippen molar-refractivity contribution in [2.45, 2.75) is 79.1 Å². The van der Waals surface area contributed by atoms with Gasteiger partial charge in [0.15, 0.2) is 0 Å². The molecule has 0 atom stereocenters. The molecule has 4 aromatic carbocycles. The molecule has 0 aliphatic carbocycles. The number of unbranched alkanes of at least 4 members (excludes halogenated alkanes) is 4. The van der Waals surface area contributed by atoms with E-state index in [2.05, 4.69) is 159 Å². The molecule has 8 bridgehead atoms. The lowest BCUT2D eigenvalue weighted by molar-refractivity contribution is 0.309. The van der Waals surface area contributed by atoms with Crippen molar-refractivity contribution in [3.63, 3.8) is 0 Å². The lowest BCUT2D eigenvalue weighted by atomic mass is 10.0. The lowest BCUT2D eigenvalue weighted by Gasteiger charge is -2.10. The molecule has 8 nitrogen and oxygen atoms in total. The zero-order valence-electron chi connectivity index (χ0n) is 39.9. The molecule has 0 radical (unpaired) electrons. The number of nitrogens with one attached hydrogen (secondary N) is 2. The van der Waals surface area contributed by atoms with Crippen LogP contribution in [0.5, 0.6) is 23.0 Å². The summed E-state index contributed by atoms with van der Waals surface area (Å²) in [5, 5.41) is 0. The predicted octanol–water partition coefficient (Wildman–Crippen LogP) is 16.0. The van der Waals surface area contributed by atoms with E-state index in [1.807, 2.05) is 24.3 Å². The highest BCUT2D eigenvalue weighted by atomic mass is 16.5. The van der Waals surface area contributed by atoms with Crippen LogP contribution >= 0.6 is 0 Å². The third kappa shape index (κ3) is 10.5. The van der Waals surface area contributed by atoms with Gasteiger partial charge < -0.3 is 28.9 Å². The summed E-state index contributed by atoms with van der Waals surface area (Å²) in [7, 11) is 0. The summed E-state index contributed by atoms with van der Waals surface area (Å²) < 4.78 is 25.2. The average molecular weight is 903 g/mol. The van der Waals surface area contributed by atoms with Gasteiger partial charge in [-0.25, -0.2) is 9.97 Å². The maximum Gasteiger partial charge on any atom is 0.119 e. The Morgan fingerprint density at radius 2 is 0.588 bits per heavy atom. The Hall–Kier alpha value is -7.32.